The van der Waals surface area contributed by atoms with Crippen LogP contribution in [0.15, 0.2) is 65.0 Å². The Morgan fingerprint density at radius 2 is 1.69 bits per heavy atom. The van der Waals surface area contributed by atoms with Crippen LogP contribution in [0.2, 0.25) is 0 Å². The second-order valence-electron chi connectivity index (χ2n) is 10.8. The van der Waals surface area contributed by atoms with Crippen LogP contribution in [0, 0.1) is 5.92 Å². The molecule has 1 heterocycles. The molecular weight excluding hydrogens is 494 g/mol. The molecule has 0 saturated heterocycles. The molecule has 2 atom stereocenters. The number of hydrogen-bond acceptors (Lipinski definition) is 7. The summed E-state index contributed by atoms with van der Waals surface area (Å²) in [5.41, 5.74) is 4.36. The van der Waals surface area contributed by atoms with Crippen molar-refractivity contribution in [1.29, 1.82) is 0 Å². The number of ketones is 1. The number of methoxy groups -OCH3 is 2. The van der Waals surface area contributed by atoms with E-state index in [0.717, 1.165) is 16.8 Å². The van der Waals surface area contributed by atoms with Crippen LogP contribution in [0.5, 0.6) is 17.2 Å². The van der Waals surface area contributed by atoms with Crippen molar-refractivity contribution in [3.05, 3.63) is 76.1 Å². The fraction of sp³-hybridized carbons (Fsp3) is 0.438. The van der Waals surface area contributed by atoms with E-state index in [2.05, 4.69) is 5.32 Å². The Morgan fingerprint density at radius 3 is 2.36 bits per heavy atom. The summed E-state index contributed by atoms with van der Waals surface area (Å²) in [6.45, 7) is 10.1. The molecule has 0 fully saturated rings. The maximum atomic E-state index is 14.0. The minimum Gasteiger partial charge on any atom is -0.493 e. The van der Waals surface area contributed by atoms with Gasteiger partial charge >= 0.3 is 5.97 Å². The molecule has 7 nitrogen and oxygen atoms in total. The molecule has 1 aliphatic carbocycles. The number of dihydropyridines is 1. The molecule has 0 spiro atoms. The molecule has 0 amide bonds. The van der Waals surface area contributed by atoms with E-state index in [4.69, 9.17) is 18.9 Å². The van der Waals surface area contributed by atoms with Crippen molar-refractivity contribution in [3.8, 4) is 17.2 Å². The highest BCUT2D eigenvalue weighted by Gasteiger charge is 2.42. The Morgan fingerprint density at radius 1 is 0.974 bits per heavy atom. The van der Waals surface area contributed by atoms with E-state index in [-0.39, 0.29) is 23.7 Å². The molecule has 39 heavy (non-hydrogen) atoms. The molecule has 2 aromatic carbocycles. The fourth-order valence-electron chi connectivity index (χ4n) is 5.36. The van der Waals surface area contributed by atoms with Crippen molar-refractivity contribution in [2.45, 2.75) is 65.4 Å². The zero-order valence-electron chi connectivity index (χ0n) is 23.9. The van der Waals surface area contributed by atoms with Crippen molar-refractivity contribution in [1.82, 2.24) is 5.32 Å². The minimum absolute atomic E-state index is 0.00505. The summed E-state index contributed by atoms with van der Waals surface area (Å²) in [5.74, 6) is 1.06. The number of ether oxygens (including phenoxy) is 4. The summed E-state index contributed by atoms with van der Waals surface area (Å²) in [6, 6.07) is 13.4. The summed E-state index contributed by atoms with van der Waals surface area (Å²) in [7, 11) is 3.21. The smallest absolute Gasteiger partial charge is 0.336 e. The average Bonchev–Trinajstić information content (AvgIpc) is 2.90. The Hall–Kier alpha value is -3.74. The normalized spacial score (nSPS) is 19.2. The molecule has 1 N–H and O–H groups in total. The highest BCUT2D eigenvalue weighted by Crippen LogP contribution is 2.48. The van der Waals surface area contributed by atoms with Crippen molar-refractivity contribution in [3.63, 3.8) is 0 Å². The summed E-state index contributed by atoms with van der Waals surface area (Å²) in [5, 5.41) is 3.42. The molecule has 2 aliphatic rings. The predicted octanol–water partition coefficient (Wildman–Crippen LogP) is 6.05. The Kier molecular flexibility index (Phi) is 8.68. The predicted molar refractivity (Wildman–Crippen MR) is 150 cm³/mol. The largest absolute Gasteiger partial charge is 0.493 e. The number of para-hydroxylation sites is 1. The first-order valence-corrected chi connectivity index (χ1v) is 13.5. The van der Waals surface area contributed by atoms with Crippen LogP contribution < -0.4 is 19.5 Å². The van der Waals surface area contributed by atoms with Gasteiger partial charge in [0.1, 0.15) is 5.75 Å². The van der Waals surface area contributed by atoms with E-state index in [1.165, 1.54) is 0 Å². The van der Waals surface area contributed by atoms with E-state index < -0.39 is 11.9 Å². The third-order valence-electron chi connectivity index (χ3n) is 7.07. The van der Waals surface area contributed by atoms with Crippen molar-refractivity contribution in [2.24, 2.45) is 5.92 Å². The topological polar surface area (TPSA) is 83.1 Å². The number of esters is 1. The van der Waals surface area contributed by atoms with Crippen LogP contribution in [0.4, 0.5) is 0 Å². The van der Waals surface area contributed by atoms with Gasteiger partial charge in [-0.15, -0.1) is 0 Å². The Balaban J connectivity index is 1.80. The van der Waals surface area contributed by atoms with Gasteiger partial charge in [-0.3, -0.25) is 4.79 Å². The number of Topliss-reactive ketones (excluding diaryl/α,β-unsaturated/α-hetero) is 1. The molecule has 7 heteroatoms. The summed E-state index contributed by atoms with van der Waals surface area (Å²) in [4.78, 5) is 27.5. The zero-order valence-corrected chi connectivity index (χ0v) is 23.9. The molecule has 0 bridgehead atoms. The van der Waals surface area contributed by atoms with Gasteiger partial charge in [-0.1, -0.05) is 38.1 Å². The molecule has 2 unspecified atom stereocenters. The molecule has 4 rings (SSSR count). The second kappa shape index (κ2) is 12.0. The molecule has 1 aliphatic heterocycles. The number of carbonyl (C=O) groups is 2. The first kappa shape index (κ1) is 28.3. The number of allylic oxidation sites excluding steroid dienone is 3. The summed E-state index contributed by atoms with van der Waals surface area (Å²) in [6.07, 6.45) is 0.859. The van der Waals surface area contributed by atoms with E-state index in [0.29, 0.717) is 53.5 Å². The lowest BCUT2D eigenvalue weighted by molar-refractivity contribution is -0.140. The monoisotopic (exact) mass is 533 g/mol. The third kappa shape index (κ3) is 5.97. The molecule has 2 aromatic rings. The number of benzene rings is 2. The van der Waals surface area contributed by atoms with Gasteiger partial charge in [0, 0.05) is 29.0 Å². The van der Waals surface area contributed by atoms with Gasteiger partial charge in [0.05, 0.1) is 38.4 Å². The van der Waals surface area contributed by atoms with Gasteiger partial charge in [0.15, 0.2) is 17.3 Å². The van der Waals surface area contributed by atoms with E-state index in [9.17, 15) is 9.59 Å². The Labute approximate surface area is 231 Å². The maximum absolute atomic E-state index is 14.0. The third-order valence-corrected chi connectivity index (χ3v) is 7.07. The van der Waals surface area contributed by atoms with Crippen LogP contribution in [0.3, 0.4) is 0 Å². The first-order chi connectivity index (χ1) is 18.6. The lowest BCUT2D eigenvalue weighted by Crippen LogP contribution is -2.36. The summed E-state index contributed by atoms with van der Waals surface area (Å²) >= 11 is 0. The average molecular weight is 534 g/mol. The van der Waals surface area contributed by atoms with Crippen molar-refractivity contribution >= 4 is 11.8 Å². The Bertz CT molecular complexity index is 1310. The maximum Gasteiger partial charge on any atom is 0.336 e. The lowest BCUT2D eigenvalue weighted by Gasteiger charge is -2.37. The minimum atomic E-state index is -0.588. The van der Waals surface area contributed by atoms with Crippen LogP contribution in [0.25, 0.3) is 0 Å². The molecule has 0 saturated carbocycles. The van der Waals surface area contributed by atoms with Gasteiger partial charge in [0.25, 0.3) is 0 Å². The van der Waals surface area contributed by atoms with Crippen molar-refractivity contribution in [2.75, 3.05) is 20.8 Å². The van der Waals surface area contributed by atoms with Gasteiger partial charge in [-0.05, 0) is 62.8 Å². The second-order valence-corrected chi connectivity index (χ2v) is 10.8. The van der Waals surface area contributed by atoms with Crippen molar-refractivity contribution < 1.29 is 28.5 Å². The van der Waals surface area contributed by atoms with E-state index >= 15 is 0 Å². The van der Waals surface area contributed by atoms with E-state index in [1.807, 2.05) is 77.1 Å². The van der Waals surface area contributed by atoms with Gasteiger partial charge < -0.3 is 24.3 Å². The standard InChI is InChI=1S/C32H39NO6/c1-18(2)17-38-32(35)29-20(5)33-24-14-22(21-12-13-27(36-6)28(16-21)37-7)15-25(34)31(24)30(29)23-10-8-9-11-26(23)39-19(3)4/h8-13,16,18-19,22,30,33H,14-15,17H2,1-7H3. The highest BCUT2D eigenvalue weighted by molar-refractivity contribution is 6.04. The molecular formula is C32H39NO6. The number of hydrogen-bond donors (Lipinski definition) is 1. The molecule has 0 radical (unpaired) electrons. The van der Waals surface area contributed by atoms with Gasteiger partial charge in [0.2, 0.25) is 0 Å². The molecule has 208 valence electrons. The van der Waals surface area contributed by atoms with Crippen LogP contribution >= 0.6 is 0 Å². The lowest BCUT2D eigenvalue weighted by atomic mass is 9.71. The van der Waals surface area contributed by atoms with Crippen LogP contribution in [-0.4, -0.2) is 38.7 Å². The van der Waals surface area contributed by atoms with Crippen LogP contribution in [-0.2, 0) is 14.3 Å². The fourth-order valence-corrected chi connectivity index (χ4v) is 5.36. The zero-order chi connectivity index (χ0) is 28.3. The summed E-state index contributed by atoms with van der Waals surface area (Å²) < 4.78 is 22.8. The highest BCUT2D eigenvalue weighted by atomic mass is 16.5. The first-order valence-electron chi connectivity index (χ1n) is 13.5. The van der Waals surface area contributed by atoms with Crippen LogP contribution in [0.1, 0.15) is 70.4 Å². The molecule has 0 aromatic heterocycles. The van der Waals surface area contributed by atoms with E-state index in [1.54, 1.807) is 14.2 Å². The van der Waals surface area contributed by atoms with Gasteiger partial charge in [-0.25, -0.2) is 4.79 Å². The number of nitrogens with one attached hydrogen (secondary N) is 1. The number of carbonyl (C=O) groups excluding carboxylic acids is 2. The SMILES string of the molecule is COc1ccc(C2CC(=O)C3=C(C2)NC(C)=C(C(=O)OCC(C)C)C3c2ccccc2OC(C)C)cc1OC. The number of rotatable bonds is 9. The van der Waals surface area contributed by atoms with Gasteiger partial charge in [-0.2, -0.15) is 0 Å². The quantitative estimate of drug-likeness (QED) is 0.393.